The Labute approximate surface area is 183 Å². The van der Waals surface area contributed by atoms with E-state index in [-0.39, 0.29) is 50.3 Å². The number of epoxide rings is 1. The first-order valence-corrected chi connectivity index (χ1v) is 12.1. The van der Waals surface area contributed by atoms with Crippen LogP contribution in [0.15, 0.2) is 30.4 Å². The Kier molecular flexibility index (Phi) is 6.11. The van der Waals surface area contributed by atoms with E-state index in [1.54, 1.807) is 23.5 Å². The van der Waals surface area contributed by atoms with Gasteiger partial charge in [-0.2, -0.15) is 0 Å². The Hall–Kier alpha value is -1.28. The van der Waals surface area contributed by atoms with Crippen LogP contribution in [0.25, 0.3) is 0 Å². The summed E-state index contributed by atoms with van der Waals surface area (Å²) in [6.07, 6.45) is 10.6. The number of carbonyl (C=O) groups excluding carboxylic acids is 1. The van der Waals surface area contributed by atoms with Gasteiger partial charge < -0.3 is 20.3 Å². The minimum absolute atomic E-state index is 0.0802. The van der Waals surface area contributed by atoms with Crippen molar-refractivity contribution < 1.29 is 19.7 Å². The van der Waals surface area contributed by atoms with Crippen LogP contribution in [0.1, 0.15) is 35.7 Å². The maximum Gasteiger partial charge on any atom is 0.255 e. The first-order chi connectivity index (χ1) is 13.9. The van der Waals surface area contributed by atoms with Crippen molar-refractivity contribution in [1.82, 2.24) is 5.32 Å². The molecule has 3 N–H and O–H groups in total. The molecule has 1 aromatic carbocycles. The molecular formula is C21H24ClNO4S2. The molecule has 3 aliphatic rings. The molecule has 2 fully saturated rings. The van der Waals surface area contributed by atoms with Crippen LogP contribution in [0.5, 0.6) is 11.5 Å². The van der Waals surface area contributed by atoms with E-state index in [0.29, 0.717) is 18.4 Å². The van der Waals surface area contributed by atoms with Crippen LogP contribution in [0, 0.1) is 0 Å². The highest BCUT2D eigenvalue weighted by molar-refractivity contribution is 8.19. The Bertz CT molecular complexity index is 867. The van der Waals surface area contributed by atoms with E-state index in [2.05, 4.69) is 11.4 Å². The molecule has 0 aromatic heterocycles. The summed E-state index contributed by atoms with van der Waals surface area (Å²) in [5, 5.41) is 23.8. The third-order valence-electron chi connectivity index (χ3n) is 5.30. The van der Waals surface area contributed by atoms with Gasteiger partial charge in [-0.05, 0) is 36.8 Å². The molecule has 3 atom stereocenters. The molecule has 1 aromatic rings. The third kappa shape index (κ3) is 4.58. The number of phenols is 2. The monoisotopic (exact) mass is 453 g/mol. The molecule has 1 spiro atoms. The summed E-state index contributed by atoms with van der Waals surface area (Å²) >= 11 is 10.1. The van der Waals surface area contributed by atoms with Crippen LogP contribution in [0.4, 0.5) is 0 Å². The summed E-state index contributed by atoms with van der Waals surface area (Å²) in [5.74, 6) is 1.13. The average Bonchev–Trinajstić information content (AvgIpc) is 3.40. The molecule has 0 aliphatic carbocycles. The number of hydrogen-bond donors (Lipinski definition) is 3. The molecule has 0 saturated carbocycles. The Balaban J connectivity index is 1.79. The highest BCUT2D eigenvalue weighted by Gasteiger charge is 2.39. The molecule has 1 amide bonds. The van der Waals surface area contributed by atoms with Gasteiger partial charge in [0.1, 0.15) is 17.6 Å². The fourth-order valence-electron chi connectivity index (χ4n) is 3.79. The SMILES string of the molecule is C[C@@H]1CC2O[C@@H]2/C=C\C=C\C2(Cc3c(Cl)c(O)cc(O)c3C(=O)N1)SCCCS2. The fourth-order valence-corrected chi connectivity index (χ4v) is 7.13. The van der Waals surface area contributed by atoms with Crippen LogP contribution in [-0.2, 0) is 11.2 Å². The van der Waals surface area contributed by atoms with Crippen molar-refractivity contribution in [3.8, 4) is 11.5 Å². The number of ether oxygens (including phenoxy) is 1. The number of thioether (sulfide) groups is 2. The summed E-state index contributed by atoms with van der Waals surface area (Å²) in [6, 6.07) is 1.01. The second-order valence-electron chi connectivity index (χ2n) is 7.61. The van der Waals surface area contributed by atoms with Crippen LogP contribution in [0.3, 0.4) is 0 Å². The maximum atomic E-state index is 13.1. The van der Waals surface area contributed by atoms with Gasteiger partial charge in [0.15, 0.2) is 0 Å². The number of carbonyl (C=O) groups is 1. The predicted octanol–water partition coefficient (Wildman–Crippen LogP) is 4.26. The fraction of sp³-hybridized carbons (Fsp3) is 0.476. The van der Waals surface area contributed by atoms with Gasteiger partial charge in [0.2, 0.25) is 0 Å². The van der Waals surface area contributed by atoms with Crippen molar-refractivity contribution in [3.63, 3.8) is 0 Å². The number of fused-ring (bicyclic) bond motifs is 2. The number of benzene rings is 1. The Morgan fingerprint density at radius 3 is 2.76 bits per heavy atom. The zero-order valence-electron chi connectivity index (χ0n) is 16.1. The number of phenolic OH excluding ortho intramolecular Hbond substituents is 2. The molecule has 0 bridgehead atoms. The number of allylic oxidation sites excluding steroid dienone is 2. The summed E-state index contributed by atoms with van der Waals surface area (Å²) < 4.78 is 5.35. The van der Waals surface area contributed by atoms with Crippen LogP contribution in [0.2, 0.25) is 5.02 Å². The number of amides is 1. The number of halogens is 1. The van der Waals surface area contributed by atoms with E-state index in [4.69, 9.17) is 16.3 Å². The Morgan fingerprint density at radius 1 is 1.24 bits per heavy atom. The van der Waals surface area contributed by atoms with Crippen molar-refractivity contribution in [1.29, 1.82) is 0 Å². The first-order valence-electron chi connectivity index (χ1n) is 9.72. The molecule has 156 valence electrons. The van der Waals surface area contributed by atoms with Crippen molar-refractivity contribution in [2.45, 2.75) is 48.5 Å². The normalized spacial score (nSPS) is 31.1. The van der Waals surface area contributed by atoms with Crippen LogP contribution >= 0.6 is 35.1 Å². The zero-order valence-corrected chi connectivity index (χ0v) is 18.4. The molecule has 29 heavy (non-hydrogen) atoms. The van der Waals surface area contributed by atoms with Gasteiger partial charge in [0.25, 0.3) is 5.91 Å². The molecule has 4 rings (SSSR count). The lowest BCUT2D eigenvalue weighted by atomic mass is 9.98. The maximum absolute atomic E-state index is 13.1. The number of nitrogens with one attached hydrogen (secondary N) is 1. The molecule has 3 aliphatic heterocycles. The quantitative estimate of drug-likeness (QED) is 0.509. The minimum atomic E-state index is -0.387. The lowest BCUT2D eigenvalue weighted by Gasteiger charge is -2.34. The molecule has 5 nitrogen and oxygen atoms in total. The van der Waals surface area contributed by atoms with Crippen molar-refractivity contribution in [3.05, 3.63) is 46.5 Å². The van der Waals surface area contributed by atoms with Gasteiger partial charge >= 0.3 is 0 Å². The molecule has 0 radical (unpaired) electrons. The van der Waals surface area contributed by atoms with E-state index >= 15 is 0 Å². The van der Waals surface area contributed by atoms with Gasteiger partial charge in [0, 0.05) is 18.5 Å². The number of rotatable bonds is 0. The van der Waals surface area contributed by atoms with Crippen molar-refractivity contribution in [2.24, 2.45) is 0 Å². The van der Waals surface area contributed by atoms with Gasteiger partial charge in [-0.25, -0.2) is 0 Å². The smallest absolute Gasteiger partial charge is 0.255 e. The standard InChI is InChI=1S/C21H24ClNO4S2/c1-12-9-17-16(27-17)5-2-3-6-21(28-7-4-8-29-21)11-13-18(20(26)23-12)14(24)10-15(25)19(13)22/h2-3,5-6,10,12,16-17,24-25H,4,7-9,11H2,1H3,(H,23,26)/b5-2-,6-3+/t12-,16-,17?/m1/s1. The summed E-state index contributed by atoms with van der Waals surface area (Å²) in [6.45, 7) is 1.92. The van der Waals surface area contributed by atoms with E-state index in [9.17, 15) is 15.0 Å². The lowest BCUT2D eigenvalue weighted by molar-refractivity contribution is 0.0933. The molecule has 3 heterocycles. The lowest BCUT2D eigenvalue weighted by Crippen LogP contribution is -2.35. The average molecular weight is 454 g/mol. The molecule has 8 heteroatoms. The third-order valence-corrected chi connectivity index (χ3v) is 8.95. The summed E-state index contributed by atoms with van der Waals surface area (Å²) in [4.78, 5) is 13.1. The van der Waals surface area contributed by atoms with E-state index < -0.39 is 0 Å². The summed E-state index contributed by atoms with van der Waals surface area (Å²) in [5.41, 5.74) is 0.613. The minimum Gasteiger partial charge on any atom is -0.507 e. The number of hydrogen-bond acceptors (Lipinski definition) is 6. The molecule has 2 saturated heterocycles. The van der Waals surface area contributed by atoms with Gasteiger partial charge in [0.05, 0.1) is 20.8 Å². The van der Waals surface area contributed by atoms with Crippen LogP contribution < -0.4 is 5.32 Å². The predicted molar refractivity (Wildman–Crippen MR) is 119 cm³/mol. The topological polar surface area (TPSA) is 82.1 Å². The second kappa shape index (κ2) is 8.46. The largest absolute Gasteiger partial charge is 0.507 e. The van der Waals surface area contributed by atoms with Crippen molar-refractivity contribution in [2.75, 3.05) is 11.5 Å². The molecular weight excluding hydrogens is 430 g/mol. The van der Waals surface area contributed by atoms with E-state index in [1.165, 1.54) is 0 Å². The first kappa shape index (κ1) is 21.0. The number of aromatic hydroxyl groups is 2. The molecule has 1 unspecified atom stereocenters. The van der Waals surface area contributed by atoms with Gasteiger partial charge in [-0.1, -0.05) is 35.9 Å². The highest BCUT2D eigenvalue weighted by atomic mass is 35.5. The van der Waals surface area contributed by atoms with Gasteiger partial charge in [-0.15, -0.1) is 23.5 Å². The van der Waals surface area contributed by atoms with Crippen molar-refractivity contribution >= 4 is 41.0 Å². The van der Waals surface area contributed by atoms with Crippen LogP contribution in [-0.4, -0.2) is 50.0 Å². The van der Waals surface area contributed by atoms with Gasteiger partial charge in [-0.3, -0.25) is 4.79 Å². The second-order valence-corrected chi connectivity index (χ2v) is 11.1. The zero-order chi connectivity index (χ0) is 20.6. The highest BCUT2D eigenvalue weighted by Crippen LogP contribution is 2.49. The Morgan fingerprint density at radius 2 is 2.00 bits per heavy atom. The summed E-state index contributed by atoms with van der Waals surface area (Å²) in [7, 11) is 0. The van der Waals surface area contributed by atoms with E-state index in [0.717, 1.165) is 24.0 Å². The van der Waals surface area contributed by atoms with E-state index in [1.807, 2.05) is 25.2 Å².